The van der Waals surface area contributed by atoms with Crippen LogP contribution in [0.2, 0.25) is 0 Å². The number of hydrogen-bond acceptors (Lipinski definition) is 5. The van der Waals surface area contributed by atoms with Gasteiger partial charge in [0.1, 0.15) is 5.75 Å². The molecule has 3 rings (SSSR count). The van der Waals surface area contributed by atoms with Gasteiger partial charge >= 0.3 is 0 Å². The fourth-order valence-corrected chi connectivity index (χ4v) is 2.74. The molecule has 0 aliphatic carbocycles. The summed E-state index contributed by atoms with van der Waals surface area (Å²) in [5, 5.41) is 4.41. The molecule has 21 heavy (non-hydrogen) atoms. The monoisotopic (exact) mass is 285 g/mol. The van der Waals surface area contributed by atoms with E-state index in [1.165, 1.54) is 0 Å². The maximum atomic E-state index is 6.08. The van der Waals surface area contributed by atoms with Crippen molar-refractivity contribution in [2.45, 2.75) is 13.0 Å². The molecule has 1 aromatic heterocycles. The van der Waals surface area contributed by atoms with Crippen molar-refractivity contribution in [1.29, 1.82) is 0 Å². The van der Waals surface area contributed by atoms with E-state index in [2.05, 4.69) is 10.1 Å². The van der Waals surface area contributed by atoms with Gasteiger partial charge in [0, 0.05) is 24.5 Å². The molecule has 6 nitrogen and oxygen atoms in total. The highest BCUT2D eigenvalue weighted by atomic mass is 16.5. The Labute approximate surface area is 123 Å². The Bertz CT molecular complexity index is 674. The molecule has 2 heterocycles. The molecule has 0 spiro atoms. The molecule has 0 amide bonds. The molecule has 1 unspecified atom stereocenters. The average Bonchev–Trinajstić information content (AvgIpc) is 3.01. The van der Waals surface area contributed by atoms with Crippen LogP contribution in [0.4, 0.5) is 5.69 Å². The Morgan fingerprint density at radius 1 is 1.29 bits per heavy atom. The van der Waals surface area contributed by atoms with E-state index in [9.17, 15) is 0 Å². The highest BCUT2D eigenvalue weighted by molar-refractivity contribution is 5.97. The number of aryl methyl sites for hydroxylation is 2. The highest BCUT2D eigenvalue weighted by Crippen LogP contribution is 2.33. The first-order chi connectivity index (χ1) is 10.1. The van der Waals surface area contributed by atoms with Crippen molar-refractivity contribution in [2.24, 2.45) is 17.8 Å². The van der Waals surface area contributed by atoms with E-state index in [0.29, 0.717) is 12.5 Å². The first kappa shape index (κ1) is 13.5. The number of nitrogens with zero attached hydrogens (tertiary/aromatic N) is 4. The zero-order valence-corrected chi connectivity index (χ0v) is 12.4. The number of methoxy groups -OCH3 is 1. The molecule has 1 aliphatic heterocycles. The second-order valence-corrected chi connectivity index (χ2v) is 5.13. The van der Waals surface area contributed by atoms with E-state index in [1.54, 1.807) is 7.11 Å². The van der Waals surface area contributed by atoms with Gasteiger partial charge in [0.15, 0.2) is 5.96 Å². The Morgan fingerprint density at radius 2 is 2.00 bits per heavy atom. The zero-order valence-electron chi connectivity index (χ0n) is 12.4. The van der Waals surface area contributed by atoms with Crippen molar-refractivity contribution in [1.82, 2.24) is 9.78 Å². The Hall–Kier alpha value is -2.50. The van der Waals surface area contributed by atoms with Gasteiger partial charge < -0.3 is 15.4 Å². The SMILES string of the molecule is COc1ccc(N2C(N)=NCC2c2cn(C)nc2C)cc1. The lowest BCUT2D eigenvalue weighted by atomic mass is 10.1. The first-order valence-corrected chi connectivity index (χ1v) is 6.83. The van der Waals surface area contributed by atoms with Crippen LogP contribution in [0, 0.1) is 6.92 Å². The summed E-state index contributed by atoms with van der Waals surface area (Å²) in [5.74, 6) is 1.36. The predicted octanol–water partition coefficient (Wildman–Crippen LogP) is 1.61. The van der Waals surface area contributed by atoms with Crippen molar-refractivity contribution < 1.29 is 4.74 Å². The van der Waals surface area contributed by atoms with Crippen molar-refractivity contribution in [3.8, 4) is 5.75 Å². The normalized spacial score (nSPS) is 18.0. The van der Waals surface area contributed by atoms with Crippen molar-refractivity contribution in [3.63, 3.8) is 0 Å². The van der Waals surface area contributed by atoms with E-state index in [4.69, 9.17) is 10.5 Å². The van der Waals surface area contributed by atoms with Crippen LogP contribution in [0.5, 0.6) is 5.75 Å². The summed E-state index contributed by atoms with van der Waals surface area (Å²) >= 11 is 0. The summed E-state index contributed by atoms with van der Waals surface area (Å²) in [5.41, 5.74) is 9.24. The lowest BCUT2D eigenvalue weighted by molar-refractivity contribution is 0.415. The van der Waals surface area contributed by atoms with Crippen LogP contribution >= 0.6 is 0 Å². The molecule has 0 bridgehead atoms. The maximum absolute atomic E-state index is 6.08. The van der Waals surface area contributed by atoms with E-state index in [0.717, 1.165) is 22.7 Å². The molecule has 0 fully saturated rings. The molecule has 6 heteroatoms. The van der Waals surface area contributed by atoms with E-state index < -0.39 is 0 Å². The van der Waals surface area contributed by atoms with E-state index >= 15 is 0 Å². The maximum Gasteiger partial charge on any atom is 0.196 e. The first-order valence-electron chi connectivity index (χ1n) is 6.83. The zero-order chi connectivity index (χ0) is 15.0. The number of benzene rings is 1. The Kier molecular flexibility index (Phi) is 3.29. The third-order valence-electron chi connectivity index (χ3n) is 3.75. The Morgan fingerprint density at radius 3 is 2.57 bits per heavy atom. The molecule has 1 atom stereocenters. The number of anilines is 1. The number of hydrogen-bond donors (Lipinski definition) is 1. The third kappa shape index (κ3) is 2.33. The molecular weight excluding hydrogens is 266 g/mol. The third-order valence-corrected chi connectivity index (χ3v) is 3.75. The minimum atomic E-state index is 0.0899. The number of rotatable bonds is 3. The summed E-state index contributed by atoms with van der Waals surface area (Å²) < 4.78 is 7.02. The molecule has 110 valence electrons. The molecule has 0 saturated carbocycles. The summed E-state index contributed by atoms with van der Waals surface area (Å²) in [6, 6.07) is 7.92. The molecule has 1 aliphatic rings. The topological polar surface area (TPSA) is 68.7 Å². The van der Waals surface area contributed by atoms with Gasteiger partial charge in [0.05, 0.1) is 25.4 Å². The summed E-state index contributed by atoms with van der Waals surface area (Å²) in [7, 11) is 3.58. The predicted molar refractivity (Wildman–Crippen MR) is 82.6 cm³/mol. The van der Waals surface area contributed by atoms with Crippen molar-refractivity contribution in [2.75, 3.05) is 18.6 Å². The van der Waals surface area contributed by atoms with Gasteiger partial charge in [-0.25, -0.2) is 0 Å². The van der Waals surface area contributed by atoms with Gasteiger partial charge in [-0.3, -0.25) is 9.67 Å². The second kappa shape index (κ2) is 5.12. The van der Waals surface area contributed by atoms with Crippen molar-refractivity contribution >= 4 is 11.6 Å². The van der Waals surface area contributed by atoms with Crippen molar-refractivity contribution in [3.05, 3.63) is 41.7 Å². The standard InChI is InChI=1S/C15H19N5O/c1-10-13(9-19(2)18-10)14-8-17-15(16)20(14)11-4-6-12(21-3)7-5-11/h4-7,9,14H,8H2,1-3H3,(H2,16,17). The number of aliphatic imine (C=N–C) groups is 1. The molecule has 0 saturated heterocycles. The second-order valence-electron chi connectivity index (χ2n) is 5.13. The summed E-state index contributed by atoms with van der Waals surface area (Å²) in [6.45, 7) is 2.65. The van der Waals surface area contributed by atoms with Gasteiger partial charge in [-0.05, 0) is 31.2 Å². The number of aromatic nitrogens is 2. The molecule has 0 radical (unpaired) electrons. The molecule has 1 aromatic carbocycles. The van der Waals surface area contributed by atoms with Crippen LogP contribution in [-0.2, 0) is 7.05 Å². The van der Waals surface area contributed by atoms with Crippen LogP contribution < -0.4 is 15.4 Å². The number of guanidine groups is 1. The summed E-state index contributed by atoms with van der Waals surface area (Å²) in [6.07, 6.45) is 2.03. The average molecular weight is 285 g/mol. The fourth-order valence-electron chi connectivity index (χ4n) is 2.74. The van der Waals surface area contributed by atoms with Crippen LogP contribution in [0.15, 0.2) is 35.5 Å². The van der Waals surface area contributed by atoms with Crippen LogP contribution in [0.1, 0.15) is 17.3 Å². The quantitative estimate of drug-likeness (QED) is 0.930. The lowest BCUT2D eigenvalue weighted by Gasteiger charge is -2.26. The van der Waals surface area contributed by atoms with Gasteiger partial charge in [0.25, 0.3) is 0 Å². The number of ether oxygens (including phenoxy) is 1. The van der Waals surface area contributed by atoms with Gasteiger partial charge in [0.2, 0.25) is 0 Å². The smallest absolute Gasteiger partial charge is 0.196 e. The molecule has 2 aromatic rings. The van der Waals surface area contributed by atoms with Gasteiger partial charge in [-0.1, -0.05) is 0 Å². The summed E-state index contributed by atoms with van der Waals surface area (Å²) in [4.78, 5) is 6.44. The van der Waals surface area contributed by atoms with E-state index in [1.807, 2.05) is 54.0 Å². The largest absolute Gasteiger partial charge is 0.497 e. The van der Waals surface area contributed by atoms with Gasteiger partial charge in [-0.2, -0.15) is 5.10 Å². The Balaban J connectivity index is 1.97. The highest BCUT2D eigenvalue weighted by Gasteiger charge is 2.31. The number of nitrogens with two attached hydrogens (primary N) is 1. The minimum absolute atomic E-state index is 0.0899. The van der Waals surface area contributed by atoms with Crippen LogP contribution in [0.3, 0.4) is 0 Å². The molecular formula is C15H19N5O. The van der Waals surface area contributed by atoms with Crippen LogP contribution in [-0.4, -0.2) is 29.4 Å². The van der Waals surface area contributed by atoms with Gasteiger partial charge in [-0.15, -0.1) is 0 Å². The lowest BCUT2D eigenvalue weighted by Crippen LogP contribution is -2.36. The van der Waals surface area contributed by atoms with Crippen LogP contribution in [0.25, 0.3) is 0 Å². The molecule has 2 N–H and O–H groups in total. The minimum Gasteiger partial charge on any atom is -0.497 e. The van der Waals surface area contributed by atoms with E-state index in [-0.39, 0.29) is 6.04 Å². The fraction of sp³-hybridized carbons (Fsp3) is 0.333.